The second-order valence-corrected chi connectivity index (χ2v) is 5.76. The largest absolute Gasteiger partial charge is 0.379 e. The maximum absolute atomic E-state index is 12.1. The maximum Gasteiger partial charge on any atom is 0.254 e. The van der Waals surface area contributed by atoms with Gasteiger partial charge in [-0.2, -0.15) is 0 Å². The molecule has 2 heterocycles. The number of anilines is 1. The van der Waals surface area contributed by atoms with E-state index in [4.69, 9.17) is 4.74 Å². The molecule has 1 aromatic rings. The molecular weight excluding hydrogens is 294 g/mol. The maximum atomic E-state index is 12.1. The van der Waals surface area contributed by atoms with E-state index in [9.17, 15) is 4.79 Å². The van der Waals surface area contributed by atoms with Crippen molar-refractivity contribution in [2.24, 2.45) is 0 Å². The average molecular weight is 321 g/mol. The van der Waals surface area contributed by atoms with Crippen LogP contribution in [0.4, 0.5) is 5.95 Å². The number of nitrogens with one attached hydrogen (secondary N) is 1. The van der Waals surface area contributed by atoms with Crippen molar-refractivity contribution in [3.63, 3.8) is 0 Å². The Balaban J connectivity index is 1.75. The molecule has 7 nitrogen and oxygen atoms in total. The van der Waals surface area contributed by atoms with E-state index in [1.807, 2.05) is 11.9 Å². The summed E-state index contributed by atoms with van der Waals surface area (Å²) < 4.78 is 5.30. The molecule has 1 aliphatic rings. The number of nitrogens with zero attached hydrogens (tertiary/aromatic N) is 4. The van der Waals surface area contributed by atoms with Gasteiger partial charge in [0.05, 0.1) is 18.8 Å². The van der Waals surface area contributed by atoms with E-state index in [1.165, 1.54) is 0 Å². The van der Waals surface area contributed by atoms with Gasteiger partial charge in [0.25, 0.3) is 5.91 Å². The van der Waals surface area contributed by atoms with Crippen LogP contribution in [0.5, 0.6) is 0 Å². The summed E-state index contributed by atoms with van der Waals surface area (Å²) in [7, 11) is 1.97. The molecule has 2 rings (SSSR count). The van der Waals surface area contributed by atoms with Crippen LogP contribution in [-0.4, -0.2) is 73.8 Å². The minimum absolute atomic E-state index is 0.124. The molecule has 0 saturated carbocycles. The van der Waals surface area contributed by atoms with E-state index in [2.05, 4.69) is 27.1 Å². The highest BCUT2D eigenvalue weighted by Gasteiger charge is 2.12. The predicted octanol–water partition coefficient (Wildman–Crippen LogP) is 0.775. The first kappa shape index (κ1) is 17.6. The quantitative estimate of drug-likeness (QED) is 0.763. The lowest BCUT2D eigenvalue weighted by Crippen LogP contribution is -2.41. The average Bonchev–Trinajstić information content (AvgIpc) is 2.60. The van der Waals surface area contributed by atoms with Crippen molar-refractivity contribution in [2.75, 3.05) is 57.9 Å². The van der Waals surface area contributed by atoms with Crippen molar-refractivity contribution in [1.29, 1.82) is 0 Å². The van der Waals surface area contributed by atoms with Crippen LogP contribution < -0.4 is 10.2 Å². The predicted molar refractivity (Wildman–Crippen MR) is 89.8 cm³/mol. The molecule has 0 unspecified atom stereocenters. The topological polar surface area (TPSA) is 70.6 Å². The number of amides is 1. The molecule has 1 amide bonds. The standard InChI is InChI=1S/C16H27N5O2/c1-3-4-6-20(2)16-18-12-14(13-19-16)15(22)17-5-7-21-8-10-23-11-9-21/h12-13H,3-11H2,1-2H3,(H,17,22). The monoisotopic (exact) mass is 321 g/mol. The molecule has 1 fully saturated rings. The number of rotatable bonds is 8. The van der Waals surface area contributed by atoms with Crippen LogP contribution in [-0.2, 0) is 4.74 Å². The van der Waals surface area contributed by atoms with Crippen LogP contribution in [0.3, 0.4) is 0 Å². The fraction of sp³-hybridized carbons (Fsp3) is 0.688. The Morgan fingerprint density at radius 3 is 2.70 bits per heavy atom. The number of hydrogen-bond acceptors (Lipinski definition) is 6. The summed E-state index contributed by atoms with van der Waals surface area (Å²) in [5, 5.41) is 2.91. The second kappa shape index (κ2) is 9.42. The summed E-state index contributed by atoms with van der Waals surface area (Å²) in [6, 6.07) is 0. The number of carbonyl (C=O) groups excluding carboxylic acids is 1. The Hall–Kier alpha value is -1.73. The lowest BCUT2D eigenvalue weighted by molar-refractivity contribution is 0.0383. The zero-order valence-corrected chi connectivity index (χ0v) is 14.1. The number of hydrogen-bond donors (Lipinski definition) is 1. The van der Waals surface area contributed by atoms with Crippen molar-refractivity contribution in [3.05, 3.63) is 18.0 Å². The molecule has 1 aliphatic heterocycles. The van der Waals surface area contributed by atoms with Crippen molar-refractivity contribution in [3.8, 4) is 0 Å². The zero-order chi connectivity index (χ0) is 16.5. The van der Waals surface area contributed by atoms with E-state index < -0.39 is 0 Å². The van der Waals surface area contributed by atoms with Crippen molar-refractivity contribution in [2.45, 2.75) is 19.8 Å². The number of morpholine rings is 1. The third-order valence-corrected chi connectivity index (χ3v) is 3.91. The van der Waals surface area contributed by atoms with E-state index in [-0.39, 0.29) is 5.91 Å². The number of carbonyl (C=O) groups is 1. The van der Waals surface area contributed by atoms with Gasteiger partial charge in [0.15, 0.2) is 0 Å². The van der Waals surface area contributed by atoms with Gasteiger partial charge >= 0.3 is 0 Å². The molecule has 128 valence electrons. The molecule has 0 aliphatic carbocycles. The molecule has 0 spiro atoms. The first-order valence-electron chi connectivity index (χ1n) is 8.32. The molecular formula is C16H27N5O2. The van der Waals surface area contributed by atoms with Gasteiger partial charge in [0.2, 0.25) is 5.95 Å². The minimum atomic E-state index is -0.124. The Morgan fingerprint density at radius 2 is 2.04 bits per heavy atom. The molecule has 0 radical (unpaired) electrons. The number of aromatic nitrogens is 2. The fourth-order valence-electron chi connectivity index (χ4n) is 2.39. The van der Waals surface area contributed by atoms with Gasteiger partial charge in [-0.3, -0.25) is 9.69 Å². The number of unbranched alkanes of at least 4 members (excludes halogenated alkanes) is 1. The summed E-state index contributed by atoms with van der Waals surface area (Å²) in [5.74, 6) is 0.532. The molecule has 0 aromatic carbocycles. The summed E-state index contributed by atoms with van der Waals surface area (Å²) in [6.45, 7) is 7.94. The third-order valence-electron chi connectivity index (χ3n) is 3.91. The summed E-state index contributed by atoms with van der Waals surface area (Å²) in [4.78, 5) is 24.9. The lowest BCUT2D eigenvalue weighted by atomic mass is 10.3. The Kier molecular flexibility index (Phi) is 7.22. The van der Waals surface area contributed by atoms with Crippen LogP contribution in [0.15, 0.2) is 12.4 Å². The SMILES string of the molecule is CCCCN(C)c1ncc(C(=O)NCCN2CCOCC2)cn1. The van der Waals surface area contributed by atoms with Crippen LogP contribution in [0.1, 0.15) is 30.1 Å². The van der Waals surface area contributed by atoms with Crippen LogP contribution in [0.25, 0.3) is 0 Å². The van der Waals surface area contributed by atoms with E-state index in [0.29, 0.717) is 18.1 Å². The highest BCUT2D eigenvalue weighted by Crippen LogP contribution is 2.06. The van der Waals surface area contributed by atoms with Gasteiger partial charge in [0, 0.05) is 52.2 Å². The normalized spacial score (nSPS) is 15.4. The highest BCUT2D eigenvalue weighted by molar-refractivity contribution is 5.93. The van der Waals surface area contributed by atoms with E-state index in [0.717, 1.165) is 52.2 Å². The van der Waals surface area contributed by atoms with Crippen LogP contribution >= 0.6 is 0 Å². The van der Waals surface area contributed by atoms with Crippen LogP contribution in [0, 0.1) is 0 Å². The Bertz CT molecular complexity index is 474. The van der Waals surface area contributed by atoms with Crippen LogP contribution in [0.2, 0.25) is 0 Å². The Labute approximate surface area is 138 Å². The summed E-state index contributed by atoms with van der Waals surface area (Å²) in [6.07, 6.45) is 5.42. The van der Waals surface area contributed by atoms with Gasteiger partial charge in [-0.05, 0) is 6.42 Å². The third kappa shape index (κ3) is 5.76. The van der Waals surface area contributed by atoms with Gasteiger partial charge in [-0.1, -0.05) is 13.3 Å². The molecule has 1 N–H and O–H groups in total. The molecule has 23 heavy (non-hydrogen) atoms. The van der Waals surface area contributed by atoms with Gasteiger partial charge in [-0.15, -0.1) is 0 Å². The zero-order valence-electron chi connectivity index (χ0n) is 14.1. The van der Waals surface area contributed by atoms with Crippen molar-refractivity contribution < 1.29 is 9.53 Å². The summed E-state index contributed by atoms with van der Waals surface area (Å²) >= 11 is 0. The number of ether oxygens (including phenoxy) is 1. The van der Waals surface area contributed by atoms with Crippen molar-refractivity contribution >= 4 is 11.9 Å². The first-order chi connectivity index (χ1) is 11.2. The molecule has 7 heteroatoms. The van der Waals surface area contributed by atoms with E-state index >= 15 is 0 Å². The molecule has 1 saturated heterocycles. The molecule has 0 atom stereocenters. The minimum Gasteiger partial charge on any atom is -0.379 e. The van der Waals surface area contributed by atoms with Gasteiger partial charge < -0.3 is 15.0 Å². The smallest absolute Gasteiger partial charge is 0.254 e. The second-order valence-electron chi connectivity index (χ2n) is 5.76. The molecule has 1 aromatic heterocycles. The molecule has 0 bridgehead atoms. The van der Waals surface area contributed by atoms with Gasteiger partial charge in [0.1, 0.15) is 0 Å². The van der Waals surface area contributed by atoms with Gasteiger partial charge in [-0.25, -0.2) is 9.97 Å². The Morgan fingerprint density at radius 1 is 1.35 bits per heavy atom. The van der Waals surface area contributed by atoms with Crippen molar-refractivity contribution in [1.82, 2.24) is 20.2 Å². The lowest BCUT2D eigenvalue weighted by Gasteiger charge is -2.26. The fourth-order valence-corrected chi connectivity index (χ4v) is 2.39. The first-order valence-corrected chi connectivity index (χ1v) is 8.32. The highest BCUT2D eigenvalue weighted by atomic mass is 16.5. The van der Waals surface area contributed by atoms with E-state index in [1.54, 1.807) is 12.4 Å². The summed E-state index contributed by atoms with van der Waals surface area (Å²) in [5.41, 5.74) is 0.500.